The number of nitrogens with zero attached hydrogens (tertiary/aromatic N) is 1. The van der Waals surface area contributed by atoms with Gasteiger partial charge in [0, 0.05) is 37.4 Å². The number of amides is 1. The van der Waals surface area contributed by atoms with E-state index in [1.54, 1.807) is 11.3 Å². The van der Waals surface area contributed by atoms with Crippen molar-refractivity contribution >= 4 is 23.2 Å². The zero-order valence-corrected chi connectivity index (χ0v) is 14.5. The Bertz CT molecular complexity index is 481. The normalized spacial score (nSPS) is 16.3. The van der Waals surface area contributed by atoms with Gasteiger partial charge in [-0.1, -0.05) is 25.3 Å². The average Bonchev–Trinajstić information content (AvgIpc) is 3.06. The fourth-order valence-corrected chi connectivity index (χ4v) is 3.61. The van der Waals surface area contributed by atoms with E-state index in [1.807, 2.05) is 6.07 Å². The van der Waals surface area contributed by atoms with Crippen molar-refractivity contribution in [3.05, 3.63) is 22.4 Å². The molecule has 23 heavy (non-hydrogen) atoms. The Balaban J connectivity index is 1.51. The predicted octanol–water partition coefficient (Wildman–Crippen LogP) is 2.28. The van der Waals surface area contributed by atoms with Gasteiger partial charge in [-0.2, -0.15) is 0 Å². The van der Waals surface area contributed by atoms with Crippen molar-refractivity contribution in [2.24, 2.45) is 16.6 Å². The molecule has 1 aliphatic rings. The molecular weight excluding hydrogens is 308 g/mol. The molecule has 1 amide bonds. The van der Waals surface area contributed by atoms with E-state index in [2.05, 4.69) is 27.1 Å². The minimum Gasteiger partial charge on any atom is -0.370 e. The van der Waals surface area contributed by atoms with Gasteiger partial charge in [0.1, 0.15) is 0 Å². The van der Waals surface area contributed by atoms with E-state index in [9.17, 15) is 4.79 Å². The van der Waals surface area contributed by atoms with E-state index in [-0.39, 0.29) is 5.91 Å². The van der Waals surface area contributed by atoms with Gasteiger partial charge >= 0.3 is 0 Å². The molecule has 0 radical (unpaired) electrons. The average molecular weight is 337 g/mol. The molecule has 1 aromatic rings. The number of hydrogen-bond donors (Lipinski definition) is 3. The summed E-state index contributed by atoms with van der Waals surface area (Å²) in [6.45, 7) is 1.89. The Morgan fingerprint density at radius 2 is 2.04 bits per heavy atom. The molecule has 1 heterocycles. The molecule has 2 rings (SSSR count). The summed E-state index contributed by atoms with van der Waals surface area (Å²) in [7, 11) is 0. The highest BCUT2D eigenvalue weighted by Crippen LogP contribution is 2.25. The van der Waals surface area contributed by atoms with E-state index >= 15 is 0 Å². The third-order valence-corrected chi connectivity index (χ3v) is 5.11. The van der Waals surface area contributed by atoms with Gasteiger partial charge in [-0.05, 0) is 30.2 Å². The number of carbonyl (C=O) groups is 1. The molecule has 0 atom stereocenters. The standard InChI is InChI=1S/C17H28N4OS/c18-17(20-9-8-15-7-4-12-23-15)21-11-10-19-16(22)13-14-5-2-1-3-6-14/h4,7,12,14H,1-3,5-6,8-11,13H2,(H,19,22)(H3,18,20,21). The molecule has 0 spiro atoms. The van der Waals surface area contributed by atoms with Crippen molar-refractivity contribution in [1.82, 2.24) is 10.6 Å². The van der Waals surface area contributed by atoms with Gasteiger partial charge in [-0.3, -0.25) is 9.79 Å². The molecule has 6 heteroatoms. The molecule has 0 bridgehead atoms. The number of guanidine groups is 1. The van der Waals surface area contributed by atoms with E-state index in [1.165, 1.54) is 37.0 Å². The Labute approximate surface area is 142 Å². The van der Waals surface area contributed by atoms with Gasteiger partial charge in [-0.15, -0.1) is 11.3 Å². The van der Waals surface area contributed by atoms with Gasteiger partial charge in [0.25, 0.3) is 0 Å². The molecule has 5 nitrogen and oxygen atoms in total. The van der Waals surface area contributed by atoms with Gasteiger partial charge < -0.3 is 16.4 Å². The SMILES string of the molecule is NC(=NCCc1cccs1)NCCNC(=O)CC1CCCCC1. The number of aliphatic imine (C=N–C) groups is 1. The summed E-state index contributed by atoms with van der Waals surface area (Å²) in [5.41, 5.74) is 5.81. The third kappa shape index (κ3) is 7.50. The van der Waals surface area contributed by atoms with Crippen LogP contribution in [0.5, 0.6) is 0 Å². The maximum atomic E-state index is 11.9. The number of rotatable bonds is 8. The Morgan fingerprint density at radius 3 is 2.78 bits per heavy atom. The fraction of sp³-hybridized carbons (Fsp3) is 0.647. The topological polar surface area (TPSA) is 79.5 Å². The van der Waals surface area contributed by atoms with Crippen LogP contribution in [-0.2, 0) is 11.2 Å². The first-order valence-electron chi connectivity index (χ1n) is 8.57. The van der Waals surface area contributed by atoms with Crippen molar-refractivity contribution in [2.45, 2.75) is 44.9 Å². The lowest BCUT2D eigenvalue weighted by molar-refractivity contribution is -0.122. The van der Waals surface area contributed by atoms with Crippen molar-refractivity contribution in [2.75, 3.05) is 19.6 Å². The Hall–Kier alpha value is -1.56. The quantitative estimate of drug-likeness (QED) is 0.387. The first kappa shape index (κ1) is 17.8. The van der Waals surface area contributed by atoms with Crippen LogP contribution in [0.4, 0.5) is 0 Å². The van der Waals surface area contributed by atoms with Crippen molar-refractivity contribution < 1.29 is 4.79 Å². The molecule has 1 fully saturated rings. The lowest BCUT2D eigenvalue weighted by Gasteiger charge is -2.20. The van der Waals surface area contributed by atoms with Gasteiger partial charge in [0.05, 0.1) is 0 Å². The molecule has 1 aromatic heterocycles. The van der Waals surface area contributed by atoms with Crippen LogP contribution in [0, 0.1) is 5.92 Å². The lowest BCUT2D eigenvalue weighted by atomic mass is 9.87. The number of nitrogens with one attached hydrogen (secondary N) is 2. The van der Waals surface area contributed by atoms with Crippen molar-refractivity contribution in [1.29, 1.82) is 0 Å². The molecule has 1 saturated carbocycles. The minimum absolute atomic E-state index is 0.159. The Morgan fingerprint density at radius 1 is 1.26 bits per heavy atom. The van der Waals surface area contributed by atoms with Crippen LogP contribution >= 0.6 is 11.3 Å². The smallest absolute Gasteiger partial charge is 0.220 e. The second-order valence-corrected chi connectivity index (χ2v) is 7.11. The Kier molecular flexibility index (Phi) is 7.93. The third-order valence-electron chi connectivity index (χ3n) is 4.17. The van der Waals surface area contributed by atoms with E-state index in [4.69, 9.17) is 5.73 Å². The second-order valence-electron chi connectivity index (χ2n) is 6.08. The van der Waals surface area contributed by atoms with Gasteiger partial charge in [0.2, 0.25) is 5.91 Å². The molecule has 0 saturated heterocycles. The van der Waals surface area contributed by atoms with Crippen molar-refractivity contribution in [3.63, 3.8) is 0 Å². The first-order valence-corrected chi connectivity index (χ1v) is 9.45. The number of thiophene rings is 1. The van der Waals surface area contributed by atoms with Crippen molar-refractivity contribution in [3.8, 4) is 0 Å². The van der Waals surface area contributed by atoms with E-state index < -0.39 is 0 Å². The summed E-state index contributed by atoms with van der Waals surface area (Å²) >= 11 is 1.74. The monoisotopic (exact) mass is 336 g/mol. The molecule has 0 aromatic carbocycles. The van der Waals surface area contributed by atoms with Crippen LogP contribution in [0.2, 0.25) is 0 Å². The fourth-order valence-electron chi connectivity index (χ4n) is 2.92. The zero-order chi connectivity index (χ0) is 16.3. The van der Waals surface area contributed by atoms with Crippen LogP contribution in [-0.4, -0.2) is 31.5 Å². The van der Waals surface area contributed by atoms with Gasteiger partial charge in [-0.25, -0.2) is 0 Å². The molecule has 128 valence electrons. The molecule has 0 aliphatic heterocycles. The highest BCUT2D eigenvalue weighted by atomic mass is 32.1. The summed E-state index contributed by atoms with van der Waals surface area (Å²) in [6, 6.07) is 4.15. The van der Waals surface area contributed by atoms with E-state index in [0.29, 0.717) is 37.9 Å². The summed E-state index contributed by atoms with van der Waals surface area (Å²) < 4.78 is 0. The van der Waals surface area contributed by atoms with Crippen LogP contribution in [0.3, 0.4) is 0 Å². The molecule has 0 unspecified atom stereocenters. The molecule has 1 aliphatic carbocycles. The predicted molar refractivity (Wildman–Crippen MR) is 96.7 cm³/mol. The summed E-state index contributed by atoms with van der Waals surface area (Å²) in [6.07, 6.45) is 7.87. The zero-order valence-electron chi connectivity index (χ0n) is 13.7. The second kappa shape index (κ2) is 10.3. The molecular formula is C17H28N4OS. The summed E-state index contributed by atoms with van der Waals surface area (Å²) in [4.78, 5) is 17.5. The maximum absolute atomic E-state index is 11.9. The summed E-state index contributed by atoms with van der Waals surface area (Å²) in [5, 5.41) is 8.06. The highest BCUT2D eigenvalue weighted by molar-refractivity contribution is 7.09. The number of carbonyl (C=O) groups excluding carboxylic acids is 1. The number of nitrogens with two attached hydrogens (primary N) is 1. The summed E-state index contributed by atoms with van der Waals surface area (Å²) in [5.74, 6) is 1.19. The van der Waals surface area contributed by atoms with Crippen LogP contribution < -0.4 is 16.4 Å². The minimum atomic E-state index is 0.159. The highest BCUT2D eigenvalue weighted by Gasteiger charge is 2.16. The number of hydrogen-bond acceptors (Lipinski definition) is 3. The van der Waals surface area contributed by atoms with Crippen LogP contribution in [0.15, 0.2) is 22.5 Å². The van der Waals surface area contributed by atoms with E-state index in [0.717, 1.165) is 6.42 Å². The molecule has 4 N–H and O–H groups in total. The van der Waals surface area contributed by atoms with Crippen LogP contribution in [0.1, 0.15) is 43.4 Å². The maximum Gasteiger partial charge on any atom is 0.220 e. The first-order chi connectivity index (χ1) is 11.2. The van der Waals surface area contributed by atoms with Gasteiger partial charge in [0.15, 0.2) is 5.96 Å². The van der Waals surface area contributed by atoms with Crippen LogP contribution in [0.25, 0.3) is 0 Å². The largest absolute Gasteiger partial charge is 0.370 e. The lowest BCUT2D eigenvalue weighted by Crippen LogP contribution is -2.39.